The number of rotatable bonds is 18. The van der Waals surface area contributed by atoms with Gasteiger partial charge in [0.05, 0.1) is 0 Å². The summed E-state index contributed by atoms with van der Waals surface area (Å²) in [5.74, 6) is 4.38. The summed E-state index contributed by atoms with van der Waals surface area (Å²) in [4.78, 5) is 0. The smallest absolute Gasteiger partial charge is 0.00536 e. The zero-order chi connectivity index (χ0) is 21.5. The zero-order valence-electron chi connectivity index (χ0n) is 16.6. The Labute approximate surface area is 224 Å². The summed E-state index contributed by atoms with van der Waals surface area (Å²) >= 11 is 41.7. The van der Waals surface area contributed by atoms with Crippen molar-refractivity contribution in [3.05, 3.63) is 0 Å². The second kappa shape index (κ2) is 19.6. The molecule has 0 amide bonds. The highest BCUT2D eigenvalue weighted by Crippen LogP contribution is 2.31. The van der Waals surface area contributed by atoms with Gasteiger partial charge in [0.15, 0.2) is 0 Å². The normalized spacial score (nSPS) is 19.6. The molecular formula is C19H40S9. The van der Waals surface area contributed by atoms with Gasteiger partial charge in [-0.15, -0.1) is 0 Å². The van der Waals surface area contributed by atoms with Gasteiger partial charge in [-0.3, -0.25) is 0 Å². The predicted molar refractivity (Wildman–Crippen MR) is 163 cm³/mol. The lowest BCUT2D eigenvalue weighted by Gasteiger charge is -2.29. The lowest BCUT2D eigenvalue weighted by Crippen LogP contribution is -2.26. The SMILES string of the molecule is SCCC(S)CCC(S)[C@H](CS)CC(S)C[C@H](CS)C(S)CCC(S)CCS. The van der Waals surface area contributed by atoms with Crippen LogP contribution in [0.25, 0.3) is 0 Å². The van der Waals surface area contributed by atoms with Gasteiger partial charge < -0.3 is 0 Å². The number of hydrogen-bond acceptors (Lipinski definition) is 9. The fraction of sp³-hybridized carbons (Fsp3) is 1.00. The van der Waals surface area contributed by atoms with Crippen molar-refractivity contribution in [3.63, 3.8) is 0 Å². The van der Waals surface area contributed by atoms with Crippen molar-refractivity contribution in [2.24, 2.45) is 11.8 Å². The fourth-order valence-corrected chi connectivity index (χ4v) is 7.31. The molecule has 0 saturated heterocycles. The molecule has 0 bridgehead atoms. The first-order valence-corrected chi connectivity index (χ1v) is 15.2. The molecule has 5 unspecified atom stereocenters. The van der Waals surface area contributed by atoms with E-state index in [1.807, 2.05) is 0 Å². The van der Waals surface area contributed by atoms with Crippen LogP contribution in [0.3, 0.4) is 0 Å². The van der Waals surface area contributed by atoms with Crippen LogP contribution in [0.5, 0.6) is 0 Å². The van der Waals surface area contributed by atoms with Crippen molar-refractivity contribution in [2.45, 2.75) is 77.6 Å². The predicted octanol–water partition coefficient (Wildman–Crippen LogP) is 6.55. The van der Waals surface area contributed by atoms with Crippen molar-refractivity contribution >= 4 is 114 Å². The van der Waals surface area contributed by atoms with Gasteiger partial charge >= 0.3 is 0 Å². The van der Waals surface area contributed by atoms with Gasteiger partial charge in [0, 0.05) is 26.2 Å². The Morgan fingerprint density at radius 2 is 0.786 bits per heavy atom. The van der Waals surface area contributed by atoms with Crippen molar-refractivity contribution in [1.29, 1.82) is 0 Å². The van der Waals surface area contributed by atoms with Crippen LogP contribution in [0.2, 0.25) is 0 Å². The van der Waals surface area contributed by atoms with Gasteiger partial charge in [-0.2, -0.15) is 114 Å². The molecule has 0 aliphatic rings. The second-order valence-corrected chi connectivity index (χ2v) is 12.8. The number of thiol groups is 9. The molecule has 0 spiro atoms. The van der Waals surface area contributed by atoms with Gasteiger partial charge in [0.25, 0.3) is 0 Å². The van der Waals surface area contributed by atoms with E-state index in [-0.39, 0.29) is 0 Å². The first-order chi connectivity index (χ1) is 13.3. The Kier molecular flexibility index (Phi) is 21.8. The first kappa shape index (κ1) is 31.1. The average molecular weight is 557 g/mol. The minimum Gasteiger partial charge on any atom is -0.179 e. The van der Waals surface area contributed by atoms with E-state index >= 15 is 0 Å². The van der Waals surface area contributed by atoms with E-state index in [2.05, 4.69) is 75.8 Å². The Balaban J connectivity index is 4.43. The minimum absolute atomic E-state index is 0.326. The van der Waals surface area contributed by atoms with Crippen LogP contribution in [0.4, 0.5) is 0 Å². The number of hydrogen-bond donors (Lipinski definition) is 9. The summed E-state index contributed by atoms with van der Waals surface area (Å²) in [6.45, 7) is 0. The third kappa shape index (κ3) is 15.1. The molecule has 0 aromatic carbocycles. The maximum Gasteiger partial charge on any atom is 0.00536 e. The quantitative estimate of drug-likeness (QED) is 0.0840. The standard InChI is InChI=1S/C19H40S9/c20-7-5-15(24)1-3-18(27)13(11-22)9-17(26)10-14(12-23)19(28)4-2-16(25)6-8-21/h13-28H,1-12H2/t13-,14+,15?,16?,17?,18?,19?. The Bertz CT molecular complexity index is 326. The van der Waals surface area contributed by atoms with E-state index < -0.39 is 0 Å². The molecule has 0 aliphatic carbocycles. The molecule has 0 saturated carbocycles. The molecule has 0 N–H and O–H groups in total. The van der Waals surface area contributed by atoms with Crippen LogP contribution in [-0.2, 0) is 0 Å². The molecule has 9 heteroatoms. The van der Waals surface area contributed by atoms with Gasteiger partial charge in [0.2, 0.25) is 0 Å². The monoisotopic (exact) mass is 556 g/mol. The molecule has 0 radical (unpaired) electrons. The van der Waals surface area contributed by atoms with Crippen LogP contribution in [0.1, 0.15) is 51.4 Å². The third-order valence-corrected chi connectivity index (χ3v) is 9.49. The fourth-order valence-electron chi connectivity index (χ4n) is 3.29. The van der Waals surface area contributed by atoms with Crippen molar-refractivity contribution in [2.75, 3.05) is 23.0 Å². The highest BCUT2D eigenvalue weighted by Gasteiger charge is 2.25. The average Bonchev–Trinajstić information content (AvgIpc) is 2.66. The first-order valence-electron chi connectivity index (χ1n) is 10.1. The maximum absolute atomic E-state index is 4.90. The molecular weight excluding hydrogens is 517 g/mol. The zero-order valence-corrected chi connectivity index (χ0v) is 24.6. The summed E-state index contributed by atoms with van der Waals surface area (Å²) in [6.07, 6.45) is 8.44. The van der Waals surface area contributed by atoms with E-state index in [1.54, 1.807) is 0 Å². The molecule has 28 heavy (non-hydrogen) atoms. The second-order valence-electron chi connectivity index (χ2n) is 7.63. The molecule has 7 atom stereocenters. The van der Waals surface area contributed by atoms with Gasteiger partial charge in [-0.25, -0.2) is 0 Å². The van der Waals surface area contributed by atoms with Crippen molar-refractivity contribution < 1.29 is 0 Å². The summed E-state index contributed by atoms with van der Waals surface area (Å²) < 4.78 is 0. The van der Waals surface area contributed by atoms with Crippen LogP contribution in [0, 0.1) is 11.8 Å². The van der Waals surface area contributed by atoms with Crippen LogP contribution in [-0.4, -0.2) is 49.3 Å². The Morgan fingerprint density at radius 3 is 1.07 bits per heavy atom. The van der Waals surface area contributed by atoms with E-state index in [0.717, 1.165) is 74.4 Å². The Morgan fingerprint density at radius 1 is 0.429 bits per heavy atom. The molecule has 0 aromatic heterocycles. The molecule has 0 fully saturated rings. The topological polar surface area (TPSA) is 0 Å². The van der Waals surface area contributed by atoms with Crippen molar-refractivity contribution in [1.82, 2.24) is 0 Å². The highest BCUT2D eigenvalue weighted by atomic mass is 32.1. The van der Waals surface area contributed by atoms with Crippen LogP contribution >= 0.6 is 114 Å². The van der Waals surface area contributed by atoms with E-state index in [4.69, 9.17) is 37.9 Å². The largest absolute Gasteiger partial charge is 0.179 e. The van der Waals surface area contributed by atoms with Crippen LogP contribution < -0.4 is 0 Å². The van der Waals surface area contributed by atoms with Crippen LogP contribution in [0.15, 0.2) is 0 Å². The van der Waals surface area contributed by atoms with E-state index in [0.29, 0.717) is 38.1 Å². The highest BCUT2D eigenvalue weighted by molar-refractivity contribution is 7.82. The lowest BCUT2D eigenvalue weighted by atomic mass is 9.91. The molecule has 0 heterocycles. The molecule has 0 nitrogen and oxygen atoms in total. The lowest BCUT2D eigenvalue weighted by molar-refractivity contribution is 0.424. The molecule has 0 rings (SSSR count). The maximum atomic E-state index is 4.90. The third-order valence-electron chi connectivity index (χ3n) is 5.22. The van der Waals surface area contributed by atoms with E-state index in [9.17, 15) is 0 Å². The summed E-state index contributed by atoms with van der Waals surface area (Å²) in [7, 11) is 0. The Hall–Kier alpha value is 3.15. The van der Waals surface area contributed by atoms with Gasteiger partial charge in [-0.05, 0) is 86.2 Å². The van der Waals surface area contributed by atoms with Crippen molar-refractivity contribution in [3.8, 4) is 0 Å². The van der Waals surface area contributed by atoms with Gasteiger partial charge in [-0.1, -0.05) is 0 Å². The van der Waals surface area contributed by atoms with Gasteiger partial charge in [0.1, 0.15) is 0 Å². The minimum atomic E-state index is 0.326. The summed E-state index contributed by atoms with van der Waals surface area (Å²) in [6, 6.07) is 0. The summed E-state index contributed by atoms with van der Waals surface area (Å²) in [5.41, 5.74) is 0. The summed E-state index contributed by atoms with van der Waals surface area (Å²) in [5, 5.41) is 1.84. The molecule has 0 aromatic rings. The van der Waals surface area contributed by atoms with E-state index in [1.165, 1.54) is 0 Å². The molecule has 0 aliphatic heterocycles. The molecule has 170 valence electrons.